The van der Waals surface area contributed by atoms with E-state index in [1.165, 1.54) is 0 Å². The summed E-state index contributed by atoms with van der Waals surface area (Å²) >= 11 is 6.07. The van der Waals surface area contributed by atoms with Crippen LogP contribution in [0.25, 0.3) is 16.7 Å². The zero-order chi connectivity index (χ0) is 35.9. The minimum atomic E-state index is -0.324. The molecule has 0 amide bonds. The molecule has 0 aliphatic carbocycles. The number of nitrogens with zero attached hydrogens (tertiary/aromatic N) is 3. The van der Waals surface area contributed by atoms with Gasteiger partial charge in [0.2, 0.25) is 0 Å². The summed E-state index contributed by atoms with van der Waals surface area (Å²) in [5, 5.41) is 4.51. The number of benzene rings is 2. The molecule has 2 heterocycles. The monoisotopic (exact) mass is 680 g/mol. The van der Waals surface area contributed by atoms with Crippen LogP contribution in [0, 0.1) is 11.2 Å². The summed E-state index contributed by atoms with van der Waals surface area (Å²) in [6.45, 7) is 19.6. The molecule has 0 aliphatic rings. The predicted molar refractivity (Wildman–Crippen MR) is 199 cm³/mol. The van der Waals surface area contributed by atoms with Gasteiger partial charge in [-0.25, -0.2) is 9.18 Å². The molecule has 2 aromatic carbocycles. The fourth-order valence-electron chi connectivity index (χ4n) is 4.92. The fraction of sp³-hybridized carbons (Fsp3) is 0.486. The lowest BCUT2D eigenvalue weighted by Gasteiger charge is -2.24. The average Bonchev–Trinajstić information content (AvgIpc) is 3.43. The first kappa shape index (κ1) is 38.7. The van der Waals surface area contributed by atoms with Crippen molar-refractivity contribution in [3.8, 4) is 5.69 Å². The Balaban J connectivity index is 0.000000286. The summed E-state index contributed by atoms with van der Waals surface area (Å²) in [6, 6.07) is 13.5. The van der Waals surface area contributed by atoms with Crippen LogP contribution >= 0.6 is 11.6 Å². The second kappa shape index (κ2) is 16.1. The minimum absolute atomic E-state index is 0.0352. The molecule has 9 nitrogen and oxygen atoms in total. The van der Waals surface area contributed by atoms with Crippen molar-refractivity contribution in [1.29, 1.82) is 0 Å². The van der Waals surface area contributed by atoms with Crippen molar-refractivity contribution in [3.05, 3.63) is 92.4 Å². The second-order valence-electron chi connectivity index (χ2n) is 15.2. The van der Waals surface area contributed by atoms with Gasteiger partial charge in [0.1, 0.15) is 11.5 Å². The summed E-state index contributed by atoms with van der Waals surface area (Å²) in [5.41, 5.74) is 21.4. The molecule has 0 saturated carbocycles. The molecular formula is C37H54ClFN8O. The van der Waals surface area contributed by atoms with Crippen LogP contribution in [0.15, 0.2) is 58.4 Å². The Bertz CT molecular complexity index is 1740. The maximum Gasteiger partial charge on any atom is 0.354 e. The third kappa shape index (κ3) is 11.2. The van der Waals surface area contributed by atoms with Crippen LogP contribution < -0.4 is 28.2 Å². The smallest absolute Gasteiger partial charge is 0.354 e. The number of H-pyrrole nitrogens is 1. The predicted octanol–water partition coefficient (Wildman–Crippen LogP) is 6.46. The van der Waals surface area contributed by atoms with E-state index in [0.29, 0.717) is 18.7 Å². The lowest BCUT2D eigenvalue weighted by atomic mass is 9.83. The van der Waals surface area contributed by atoms with Gasteiger partial charge in [0.15, 0.2) is 5.96 Å². The quantitative estimate of drug-likeness (QED) is 0.0696. The number of fused-ring (bicyclic) bond motifs is 1. The Morgan fingerprint density at radius 3 is 2.25 bits per heavy atom. The lowest BCUT2D eigenvalue weighted by Crippen LogP contribution is -2.24. The van der Waals surface area contributed by atoms with Crippen LogP contribution in [0.2, 0.25) is 5.02 Å². The molecule has 8 N–H and O–H groups in total. The highest BCUT2D eigenvalue weighted by Gasteiger charge is 2.22. The number of nitrogens with two attached hydrogens (primary N) is 3. The molecule has 0 fully saturated rings. The largest absolute Gasteiger partial charge is 0.370 e. The van der Waals surface area contributed by atoms with Gasteiger partial charge in [-0.1, -0.05) is 85.2 Å². The summed E-state index contributed by atoms with van der Waals surface area (Å²) in [5.74, 6) is -0.201. The summed E-state index contributed by atoms with van der Waals surface area (Å²) in [7, 11) is 0. The van der Waals surface area contributed by atoms with Crippen molar-refractivity contribution in [3.63, 3.8) is 0 Å². The van der Waals surface area contributed by atoms with Crippen LogP contribution in [-0.4, -0.2) is 40.1 Å². The van der Waals surface area contributed by atoms with Crippen LogP contribution in [0.4, 0.5) is 4.39 Å². The van der Waals surface area contributed by atoms with E-state index in [1.807, 2.05) is 57.3 Å². The molecule has 4 aromatic rings. The molecule has 48 heavy (non-hydrogen) atoms. The molecule has 0 aliphatic heterocycles. The summed E-state index contributed by atoms with van der Waals surface area (Å²) < 4.78 is 15.5. The van der Waals surface area contributed by atoms with Crippen LogP contribution in [0.1, 0.15) is 90.6 Å². The number of nitrogens with one attached hydrogen (secondary N) is 2. The van der Waals surface area contributed by atoms with Gasteiger partial charge in [0.05, 0.1) is 10.7 Å². The summed E-state index contributed by atoms with van der Waals surface area (Å²) in [4.78, 5) is 23.9. The van der Waals surface area contributed by atoms with E-state index >= 15 is 0 Å². The van der Waals surface area contributed by atoms with Crippen LogP contribution in [0.5, 0.6) is 0 Å². The molecule has 0 atom stereocenters. The van der Waals surface area contributed by atoms with Crippen molar-refractivity contribution < 1.29 is 4.39 Å². The van der Waals surface area contributed by atoms with Gasteiger partial charge in [-0.15, -0.1) is 0 Å². The number of aryl methyl sites for hydroxylation is 1. The number of rotatable bonds is 11. The van der Waals surface area contributed by atoms with Crippen molar-refractivity contribution in [2.24, 2.45) is 27.6 Å². The second-order valence-corrected chi connectivity index (χ2v) is 15.6. The van der Waals surface area contributed by atoms with Crippen molar-refractivity contribution in [2.75, 3.05) is 19.6 Å². The molecule has 0 radical (unpaired) electrons. The van der Waals surface area contributed by atoms with Crippen molar-refractivity contribution in [1.82, 2.24) is 19.9 Å². The molecule has 0 unspecified atom stereocenters. The zero-order valence-corrected chi connectivity index (χ0v) is 30.6. The lowest BCUT2D eigenvalue weighted by molar-refractivity contribution is 0.347. The van der Waals surface area contributed by atoms with Gasteiger partial charge in [-0.2, -0.15) is 4.98 Å². The number of aromatic nitrogens is 3. The highest BCUT2D eigenvalue weighted by atomic mass is 35.5. The number of hydrogen-bond donors (Lipinski definition) is 5. The van der Waals surface area contributed by atoms with E-state index in [4.69, 9.17) is 28.8 Å². The number of hydrogen-bond acceptors (Lipinski definition) is 5. The van der Waals surface area contributed by atoms with Crippen molar-refractivity contribution in [2.45, 2.75) is 92.0 Å². The van der Waals surface area contributed by atoms with E-state index in [2.05, 4.69) is 61.0 Å². The molecule has 0 spiro atoms. The first-order chi connectivity index (χ1) is 22.3. The maximum atomic E-state index is 13.9. The minimum Gasteiger partial charge on any atom is -0.370 e. The topological polar surface area (TPSA) is 153 Å². The first-order valence-corrected chi connectivity index (χ1v) is 16.9. The Labute approximate surface area is 289 Å². The fourth-order valence-corrected chi connectivity index (χ4v) is 5.32. The van der Waals surface area contributed by atoms with E-state index in [9.17, 15) is 9.18 Å². The zero-order valence-electron chi connectivity index (χ0n) is 29.8. The molecule has 2 aromatic heterocycles. The van der Waals surface area contributed by atoms with E-state index in [1.54, 1.807) is 10.6 Å². The number of guanidine groups is 1. The summed E-state index contributed by atoms with van der Waals surface area (Å²) in [6.07, 6.45) is 4.47. The Morgan fingerprint density at radius 1 is 1.00 bits per heavy atom. The number of aliphatic imine (C=N–C) groups is 1. The van der Waals surface area contributed by atoms with Gasteiger partial charge >= 0.3 is 5.69 Å². The third-order valence-electron chi connectivity index (χ3n) is 8.20. The van der Waals surface area contributed by atoms with Crippen LogP contribution in [-0.2, 0) is 23.8 Å². The number of halogens is 2. The standard InChI is InChI=1S/C21H29N7O.C16H25ClFN/c1-21(2,3)17-11-15-13-28(20(29)27-18(15)26-17)16-7-5-14(6-8-16)12-24-9-4-10-25-19(22)23;1-15(2,3)12-8-11(9-13(18)14(12)17)6-7-16(4,5)10-19/h5-8,11,13,24H,4,9-10,12H2,1-3H3,(H4,22,23,25)(H,26,27,29);8-9H,6-7,10,19H2,1-5H3. The Hall–Kier alpha value is -3.73. The van der Waals surface area contributed by atoms with E-state index in [-0.39, 0.29) is 38.7 Å². The highest BCUT2D eigenvalue weighted by molar-refractivity contribution is 6.31. The Kier molecular flexibility index (Phi) is 13.0. The molecule has 11 heteroatoms. The Morgan fingerprint density at radius 2 is 1.67 bits per heavy atom. The van der Waals surface area contributed by atoms with Crippen LogP contribution in [0.3, 0.4) is 0 Å². The van der Waals surface area contributed by atoms with Gasteiger partial charge in [0, 0.05) is 35.8 Å². The van der Waals surface area contributed by atoms with Crippen molar-refractivity contribution >= 4 is 28.6 Å². The molecule has 0 bridgehead atoms. The highest BCUT2D eigenvalue weighted by Crippen LogP contribution is 2.33. The molecular weight excluding hydrogens is 627 g/mol. The van der Waals surface area contributed by atoms with Gasteiger partial charge < -0.3 is 27.5 Å². The van der Waals surface area contributed by atoms with Gasteiger partial charge in [0.25, 0.3) is 0 Å². The normalized spacial score (nSPS) is 12.1. The third-order valence-corrected chi connectivity index (χ3v) is 8.59. The van der Waals surface area contributed by atoms with E-state index in [0.717, 1.165) is 65.8 Å². The molecule has 0 saturated heterocycles. The maximum absolute atomic E-state index is 13.9. The number of aromatic amines is 1. The molecule has 262 valence electrons. The average molecular weight is 681 g/mol. The van der Waals surface area contributed by atoms with Gasteiger partial charge in [-0.05, 0) is 84.1 Å². The van der Waals surface area contributed by atoms with Gasteiger partial charge in [-0.3, -0.25) is 9.56 Å². The SMILES string of the molecule is CC(C)(C)c1cc2cn(-c3ccc(CNCCCN=C(N)N)cc3)c(=O)nc2[nH]1.CC(C)(CN)CCc1cc(F)c(Cl)c(C(C)(C)C)c1. The molecule has 4 rings (SSSR count). The van der Waals surface area contributed by atoms with E-state index < -0.39 is 0 Å². The first-order valence-electron chi connectivity index (χ1n) is 16.5.